The number of hydrogen-bond acceptors (Lipinski definition) is 4. The summed E-state index contributed by atoms with van der Waals surface area (Å²) in [4.78, 5) is 33.2. The number of likely N-dealkylation sites (tertiary alicyclic amines) is 1. The fourth-order valence-electron chi connectivity index (χ4n) is 4.74. The number of hydrogen-bond donors (Lipinski definition) is 1. The fraction of sp³-hybridized carbons (Fsp3) is 0.609. The molecule has 1 N–H and O–H groups in total. The maximum atomic E-state index is 13.2. The van der Waals surface area contributed by atoms with Crippen molar-refractivity contribution in [2.75, 3.05) is 13.1 Å². The summed E-state index contributed by atoms with van der Waals surface area (Å²) in [7, 11) is 0. The lowest BCUT2D eigenvalue weighted by Crippen LogP contribution is -2.44. The summed E-state index contributed by atoms with van der Waals surface area (Å²) >= 11 is 0. The summed E-state index contributed by atoms with van der Waals surface area (Å²) in [6, 6.07) is 7.65. The number of para-hydroxylation sites is 1. The zero-order chi connectivity index (χ0) is 20.2. The number of benzene rings is 1. The first kappa shape index (κ1) is 20.1. The van der Waals surface area contributed by atoms with Crippen molar-refractivity contribution in [3.63, 3.8) is 0 Å². The van der Waals surface area contributed by atoms with E-state index in [0.29, 0.717) is 29.2 Å². The Morgan fingerprint density at radius 3 is 2.66 bits per heavy atom. The van der Waals surface area contributed by atoms with Gasteiger partial charge in [-0.15, -0.1) is 0 Å². The molecule has 1 saturated carbocycles. The molecule has 0 bridgehead atoms. The predicted octanol–water partition coefficient (Wildman–Crippen LogP) is 3.08. The van der Waals surface area contributed by atoms with E-state index in [1.165, 1.54) is 25.7 Å². The Bertz CT molecular complexity index is 917. The van der Waals surface area contributed by atoms with E-state index in [1.807, 2.05) is 18.2 Å². The van der Waals surface area contributed by atoms with Gasteiger partial charge in [-0.1, -0.05) is 38.3 Å². The van der Waals surface area contributed by atoms with Gasteiger partial charge in [-0.05, 0) is 56.8 Å². The molecule has 2 aromatic rings. The second kappa shape index (κ2) is 9.08. The number of carbonyl (C=O) groups is 1. The average Bonchev–Trinajstić information content (AvgIpc) is 2.73. The number of aromatic nitrogens is 2. The summed E-state index contributed by atoms with van der Waals surface area (Å²) < 4.78 is 1.60. The lowest BCUT2D eigenvalue weighted by Gasteiger charge is -2.30. The highest BCUT2D eigenvalue weighted by molar-refractivity contribution is 5.79. The van der Waals surface area contributed by atoms with E-state index >= 15 is 0 Å². The second-order valence-electron chi connectivity index (χ2n) is 8.71. The summed E-state index contributed by atoms with van der Waals surface area (Å²) in [5.74, 6) is 1.11. The van der Waals surface area contributed by atoms with Crippen molar-refractivity contribution in [3.05, 3.63) is 40.4 Å². The lowest BCUT2D eigenvalue weighted by atomic mass is 9.86. The number of fused-ring (bicyclic) bond motifs is 1. The standard InChI is InChI=1S/C23H32N4O2/c1-17-9-3-5-11-19(17)25-22(28)16-27-21(15-26-13-7-2-8-14-26)24-20-12-6-4-10-18(20)23(27)29/h4,6,10,12,17,19H,2-3,5,7-9,11,13-16H2,1H3,(H,25,28)/t17-,19-/m1/s1. The number of nitrogens with zero attached hydrogens (tertiary/aromatic N) is 3. The third-order valence-electron chi connectivity index (χ3n) is 6.51. The molecule has 1 aliphatic heterocycles. The zero-order valence-electron chi connectivity index (χ0n) is 17.4. The minimum Gasteiger partial charge on any atom is -0.352 e. The molecule has 2 aliphatic rings. The topological polar surface area (TPSA) is 67.2 Å². The van der Waals surface area contributed by atoms with Crippen molar-refractivity contribution in [2.24, 2.45) is 5.92 Å². The molecule has 2 atom stereocenters. The lowest BCUT2D eigenvalue weighted by molar-refractivity contribution is -0.123. The van der Waals surface area contributed by atoms with Gasteiger partial charge in [0.05, 0.1) is 17.4 Å². The third-order valence-corrected chi connectivity index (χ3v) is 6.51. The van der Waals surface area contributed by atoms with Crippen LogP contribution >= 0.6 is 0 Å². The second-order valence-corrected chi connectivity index (χ2v) is 8.71. The molecule has 6 heteroatoms. The summed E-state index contributed by atoms with van der Waals surface area (Å²) in [5, 5.41) is 3.76. The Kier molecular flexibility index (Phi) is 6.28. The van der Waals surface area contributed by atoms with Crippen LogP contribution in [0, 0.1) is 5.92 Å². The Morgan fingerprint density at radius 1 is 1.10 bits per heavy atom. The van der Waals surface area contributed by atoms with Crippen molar-refractivity contribution in [1.82, 2.24) is 19.8 Å². The monoisotopic (exact) mass is 396 g/mol. The summed E-state index contributed by atoms with van der Waals surface area (Å²) in [5.41, 5.74) is 0.594. The molecule has 1 aromatic carbocycles. The van der Waals surface area contributed by atoms with Crippen molar-refractivity contribution < 1.29 is 4.79 Å². The van der Waals surface area contributed by atoms with Gasteiger partial charge in [-0.3, -0.25) is 19.1 Å². The van der Waals surface area contributed by atoms with Gasteiger partial charge >= 0.3 is 0 Å². The molecule has 2 fully saturated rings. The molecular formula is C23H32N4O2. The largest absolute Gasteiger partial charge is 0.352 e. The van der Waals surface area contributed by atoms with Crippen molar-refractivity contribution in [2.45, 2.75) is 71.0 Å². The molecule has 0 spiro atoms. The maximum absolute atomic E-state index is 13.2. The first-order valence-corrected chi connectivity index (χ1v) is 11.1. The van der Waals surface area contributed by atoms with Crippen LogP contribution in [0.15, 0.2) is 29.1 Å². The summed E-state index contributed by atoms with van der Waals surface area (Å²) in [6.45, 7) is 4.91. The Balaban J connectivity index is 1.60. The highest BCUT2D eigenvalue weighted by Gasteiger charge is 2.24. The molecule has 2 heterocycles. The molecule has 1 aromatic heterocycles. The van der Waals surface area contributed by atoms with Crippen LogP contribution in [0.5, 0.6) is 0 Å². The van der Waals surface area contributed by atoms with Crippen LogP contribution in [0.25, 0.3) is 10.9 Å². The van der Waals surface area contributed by atoms with Crippen molar-refractivity contribution in [3.8, 4) is 0 Å². The highest BCUT2D eigenvalue weighted by Crippen LogP contribution is 2.23. The number of amides is 1. The SMILES string of the molecule is C[C@@H]1CCCC[C@H]1NC(=O)Cn1c(CN2CCCCC2)nc2ccccc2c1=O. The van der Waals surface area contributed by atoms with Crippen LogP contribution in [-0.2, 0) is 17.9 Å². The van der Waals surface area contributed by atoms with Crippen LogP contribution in [0.3, 0.4) is 0 Å². The van der Waals surface area contributed by atoms with Gasteiger partial charge in [0, 0.05) is 6.04 Å². The van der Waals surface area contributed by atoms with Crippen LogP contribution in [-0.4, -0.2) is 39.5 Å². The predicted molar refractivity (Wildman–Crippen MR) is 115 cm³/mol. The highest BCUT2D eigenvalue weighted by atomic mass is 16.2. The van der Waals surface area contributed by atoms with Crippen LogP contribution in [0.1, 0.15) is 57.7 Å². The van der Waals surface area contributed by atoms with Crippen LogP contribution < -0.4 is 10.9 Å². The normalized spacial score (nSPS) is 23.2. The first-order valence-electron chi connectivity index (χ1n) is 11.1. The summed E-state index contributed by atoms with van der Waals surface area (Å²) in [6.07, 6.45) is 8.20. The molecular weight excluding hydrogens is 364 g/mol. The van der Waals surface area contributed by atoms with Gasteiger partial charge in [-0.2, -0.15) is 0 Å². The Hall–Kier alpha value is -2.21. The molecule has 0 unspecified atom stereocenters. The van der Waals surface area contributed by atoms with E-state index in [0.717, 1.165) is 32.4 Å². The minimum absolute atomic E-state index is 0.0447. The van der Waals surface area contributed by atoms with Gasteiger partial charge in [0.2, 0.25) is 5.91 Å². The van der Waals surface area contributed by atoms with Gasteiger partial charge in [0.25, 0.3) is 5.56 Å². The van der Waals surface area contributed by atoms with Gasteiger partial charge in [0.15, 0.2) is 0 Å². The van der Waals surface area contributed by atoms with Gasteiger partial charge in [0.1, 0.15) is 12.4 Å². The van der Waals surface area contributed by atoms with Crippen molar-refractivity contribution in [1.29, 1.82) is 0 Å². The van der Waals surface area contributed by atoms with Crippen LogP contribution in [0.2, 0.25) is 0 Å². The van der Waals surface area contributed by atoms with E-state index in [9.17, 15) is 9.59 Å². The smallest absolute Gasteiger partial charge is 0.261 e. The Labute approximate surface area is 172 Å². The number of rotatable bonds is 5. The first-order chi connectivity index (χ1) is 14.1. The molecule has 29 heavy (non-hydrogen) atoms. The van der Waals surface area contributed by atoms with Crippen LogP contribution in [0.4, 0.5) is 0 Å². The molecule has 156 valence electrons. The maximum Gasteiger partial charge on any atom is 0.261 e. The minimum atomic E-state index is -0.116. The number of carbonyl (C=O) groups excluding carboxylic acids is 1. The average molecular weight is 397 g/mol. The molecule has 1 amide bonds. The van der Waals surface area contributed by atoms with Crippen molar-refractivity contribution >= 4 is 16.8 Å². The number of nitrogens with one attached hydrogen (secondary N) is 1. The van der Waals surface area contributed by atoms with E-state index in [-0.39, 0.29) is 24.1 Å². The molecule has 1 saturated heterocycles. The fourth-order valence-corrected chi connectivity index (χ4v) is 4.74. The van der Waals surface area contributed by atoms with E-state index < -0.39 is 0 Å². The quantitative estimate of drug-likeness (QED) is 0.843. The molecule has 1 aliphatic carbocycles. The van der Waals surface area contributed by atoms with Gasteiger partial charge in [-0.25, -0.2) is 4.98 Å². The van der Waals surface area contributed by atoms with E-state index in [4.69, 9.17) is 4.98 Å². The van der Waals surface area contributed by atoms with E-state index in [1.54, 1.807) is 10.6 Å². The van der Waals surface area contributed by atoms with Gasteiger partial charge < -0.3 is 5.32 Å². The molecule has 4 rings (SSSR count). The molecule has 6 nitrogen and oxygen atoms in total. The molecule has 0 radical (unpaired) electrons. The Morgan fingerprint density at radius 2 is 1.86 bits per heavy atom. The third kappa shape index (κ3) is 4.69. The van der Waals surface area contributed by atoms with E-state index in [2.05, 4.69) is 17.1 Å². The number of piperidine rings is 1. The zero-order valence-corrected chi connectivity index (χ0v) is 17.4.